The zero-order chi connectivity index (χ0) is 26.6. The van der Waals surface area contributed by atoms with Gasteiger partial charge in [0.15, 0.2) is 0 Å². The third-order valence-corrected chi connectivity index (χ3v) is 6.92. The SMILES string of the molecule is CN1CCN(c2ccc(Cc3cc(NC4CCN(C(=O)OC(C)(C)C)CC4)c(C(N)=O)cn3)cc2)CC1. The smallest absolute Gasteiger partial charge is 0.410 e. The van der Waals surface area contributed by atoms with Crippen LogP contribution in [-0.4, -0.2) is 84.7 Å². The molecule has 0 bridgehead atoms. The number of nitrogens with one attached hydrogen (secondary N) is 1. The molecule has 0 spiro atoms. The molecule has 1 aromatic heterocycles. The van der Waals surface area contributed by atoms with Crippen LogP contribution < -0.4 is 16.0 Å². The van der Waals surface area contributed by atoms with Crippen molar-refractivity contribution in [1.29, 1.82) is 0 Å². The van der Waals surface area contributed by atoms with Gasteiger partial charge >= 0.3 is 6.09 Å². The molecule has 2 aliphatic rings. The van der Waals surface area contributed by atoms with Crippen LogP contribution in [-0.2, 0) is 11.2 Å². The van der Waals surface area contributed by atoms with Crippen molar-refractivity contribution in [3.05, 3.63) is 53.3 Å². The Labute approximate surface area is 220 Å². The first-order valence-corrected chi connectivity index (χ1v) is 13.1. The highest BCUT2D eigenvalue weighted by Crippen LogP contribution is 2.24. The van der Waals surface area contributed by atoms with Gasteiger partial charge in [-0.2, -0.15) is 0 Å². The molecule has 0 atom stereocenters. The molecule has 1 aromatic carbocycles. The summed E-state index contributed by atoms with van der Waals surface area (Å²) in [6, 6.07) is 10.7. The van der Waals surface area contributed by atoms with Gasteiger partial charge in [-0.05, 0) is 64.4 Å². The predicted octanol–water partition coefficient (Wildman–Crippen LogP) is 3.33. The minimum atomic E-state index is -0.513. The molecule has 2 fully saturated rings. The molecule has 2 saturated heterocycles. The molecule has 4 rings (SSSR count). The van der Waals surface area contributed by atoms with Gasteiger partial charge in [-0.25, -0.2) is 4.79 Å². The second kappa shape index (κ2) is 11.4. The lowest BCUT2D eigenvalue weighted by molar-refractivity contribution is 0.0210. The highest BCUT2D eigenvalue weighted by atomic mass is 16.6. The van der Waals surface area contributed by atoms with Gasteiger partial charge < -0.3 is 30.5 Å². The summed E-state index contributed by atoms with van der Waals surface area (Å²) in [5.74, 6) is -0.510. The molecule has 2 aliphatic heterocycles. The van der Waals surface area contributed by atoms with E-state index in [1.165, 1.54) is 5.69 Å². The van der Waals surface area contributed by atoms with Crippen LogP contribution in [0, 0.1) is 0 Å². The largest absolute Gasteiger partial charge is 0.444 e. The van der Waals surface area contributed by atoms with Gasteiger partial charge in [0, 0.05) is 69.3 Å². The van der Waals surface area contributed by atoms with E-state index in [2.05, 4.69) is 51.4 Å². The van der Waals surface area contributed by atoms with Gasteiger partial charge in [0.05, 0.1) is 11.3 Å². The van der Waals surface area contributed by atoms with E-state index in [-0.39, 0.29) is 12.1 Å². The third-order valence-electron chi connectivity index (χ3n) is 6.92. The van der Waals surface area contributed by atoms with Crippen LogP contribution >= 0.6 is 0 Å². The number of ether oxygens (including phenoxy) is 1. The maximum atomic E-state index is 12.4. The number of rotatable bonds is 6. The summed E-state index contributed by atoms with van der Waals surface area (Å²) in [6.07, 6.45) is 3.45. The monoisotopic (exact) mass is 508 g/mol. The van der Waals surface area contributed by atoms with Crippen molar-refractivity contribution in [3.8, 4) is 0 Å². The Bertz CT molecular complexity index is 1080. The van der Waals surface area contributed by atoms with Crippen LogP contribution in [0.25, 0.3) is 0 Å². The summed E-state index contributed by atoms with van der Waals surface area (Å²) in [4.78, 5) is 35.5. The van der Waals surface area contributed by atoms with Gasteiger partial charge in [0.1, 0.15) is 5.60 Å². The third kappa shape index (κ3) is 7.35. The standard InChI is InChI=1S/C28H40N6O3/c1-28(2,3)37-27(36)34-11-9-21(10-12-34)31-25-18-22(30-19-24(25)26(29)35)17-20-5-7-23(8-6-20)33-15-13-32(4)14-16-33/h5-8,18-19,21H,9-17H2,1-4H3,(H2,29,35)(H,30,31). The number of carbonyl (C=O) groups is 2. The summed E-state index contributed by atoms with van der Waals surface area (Å²) in [7, 11) is 2.16. The number of primary amides is 1. The highest BCUT2D eigenvalue weighted by molar-refractivity contribution is 5.98. The number of amides is 2. The number of nitrogens with zero attached hydrogens (tertiary/aromatic N) is 4. The van der Waals surface area contributed by atoms with Crippen molar-refractivity contribution < 1.29 is 14.3 Å². The summed E-state index contributed by atoms with van der Waals surface area (Å²) < 4.78 is 5.49. The number of piperazine rings is 1. The fourth-order valence-corrected chi connectivity index (χ4v) is 4.76. The lowest BCUT2D eigenvalue weighted by Gasteiger charge is -2.34. The fourth-order valence-electron chi connectivity index (χ4n) is 4.76. The van der Waals surface area contributed by atoms with Crippen LogP contribution in [0.4, 0.5) is 16.2 Å². The Hall–Kier alpha value is -3.33. The zero-order valence-corrected chi connectivity index (χ0v) is 22.5. The lowest BCUT2D eigenvalue weighted by Crippen LogP contribution is -2.44. The highest BCUT2D eigenvalue weighted by Gasteiger charge is 2.27. The Kier molecular flexibility index (Phi) is 8.22. The van der Waals surface area contributed by atoms with Crippen molar-refractivity contribution in [2.45, 2.75) is 51.7 Å². The van der Waals surface area contributed by atoms with Crippen LogP contribution in [0.2, 0.25) is 0 Å². The number of pyridine rings is 1. The summed E-state index contributed by atoms with van der Waals surface area (Å²) in [5, 5.41) is 3.49. The second-order valence-corrected chi connectivity index (χ2v) is 11.1. The average molecular weight is 509 g/mol. The average Bonchev–Trinajstić information content (AvgIpc) is 2.84. The Morgan fingerprint density at radius 1 is 1.05 bits per heavy atom. The van der Waals surface area contributed by atoms with E-state index in [0.29, 0.717) is 30.8 Å². The molecular weight excluding hydrogens is 468 g/mol. The molecule has 0 aliphatic carbocycles. The summed E-state index contributed by atoms with van der Waals surface area (Å²) in [5.41, 5.74) is 9.48. The first-order valence-electron chi connectivity index (χ1n) is 13.1. The maximum absolute atomic E-state index is 12.4. The maximum Gasteiger partial charge on any atom is 0.410 e. The van der Waals surface area contributed by atoms with Gasteiger partial charge in [-0.3, -0.25) is 9.78 Å². The quantitative estimate of drug-likeness (QED) is 0.617. The lowest BCUT2D eigenvalue weighted by atomic mass is 10.0. The topological polar surface area (TPSA) is 104 Å². The molecule has 9 heteroatoms. The molecule has 2 amide bonds. The Balaban J connectivity index is 1.38. The number of piperidine rings is 1. The Morgan fingerprint density at radius 3 is 2.30 bits per heavy atom. The van der Waals surface area contributed by atoms with Gasteiger partial charge in [0.25, 0.3) is 5.91 Å². The normalized spacial score (nSPS) is 17.5. The fraction of sp³-hybridized carbons (Fsp3) is 0.536. The van der Waals surface area contributed by atoms with E-state index < -0.39 is 11.5 Å². The molecular formula is C28H40N6O3. The van der Waals surface area contributed by atoms with Gasteiger partial charge in [0.2, 0.25) is 0 Å². The molecule has 9 nitrogen and oxygen atoms in total. The minimum Gasteiger partial charge on any atom is -0.444 e. The van der Waals surface area contributed by atoms with E-state index in [0.717, 1.165) is 50.3 Å². The van der Waals surface area contributed by atoms with Crippen molar-refractivity contribution in [2.75, 3.05) is 56.5 Å². The number of benzene rings is 1. The molecule has 3 heterocycles. The minimum absolute atomic E-state index is 0.120. The zero-order valence-electron chi connectivity index (χ0n) is 22.5. The first-order chi connectivity index (χ1) is 17.6. The molecule has 3 N–H and O–H groups in total. The number of anilines is 2. The number of hydrogen-bond acceptors (Lipinski definition) is 7. The van der Waals surface area contributed by atoms with Crippen molar-refractivity contribution in [3.63, 3.8) is 0 Å². The van der Waals surface area contributed by atoms with E-state index in [4.69, 9.17) is 10.5 Å². The second-order valence-electron chi connectivity index (χ2n) is 11.1. The number of aromatic nitrogens is 1. The Morgan fingerprint density at radius 2 is 1.70 bits per heavy atom. The van der Waals surface area contributed by atoms with Crippen LogP contribution in [0.1, 0.15) is 55.2 Å². The molecule has 37 heavy (non-hydrogen) atoms. The molecule has 0 radical (unpaired) electrons. The van der Waals surface area contributed by atoms with Crippen LogP contribution in [0.15, 0.2) is 36.5 Å². The number of likely N-dealkylation sites (N-methyl/N-ethyl adjacent to an activating group) is 1. The first kappa shape index (κ1) is 26.7. The van der Waals surface area contributed by atoms with Gasteiger partial charge in [-0.15, -0.1) is 0 Å². The predicted molar refractivity (Wildman–Crippen MR) is 146 cm³/mol. The number of nitrogens with two attached hydrogens (primary N) is 1. The molecule has 200 valence electrons. The van der Waals surface area contributed by atoms with E-state index in [1.54, 1.807) is 11.1 Å². The van der Waals surface area contributed by atoms with E-state index in [1.807, 2.05) is 26.8 Å². The van der Waals surface area contributed by atoms with E-state index in [9.17, 15) is 9.59 Å². The van der Waals surface area contributed by atoms with Crippen molar-refractivity contribution in [1.82, 2.24) is 14.8 Å². The molecule has 0 saturated carbocycles. The number of carbonyl (C=O) groups excluding carboxylic acids is 2. The number of hydrogen-bond donors (Lipinski definition) is 2. The molecule has 0 unspecified atom stereocenters. The van der Waals surface area contributed by atoms with Crippen molar-refractivity contribution in [2.24, 2.45) is 5.73 Å². The van der Waals surface area contributed by atoms with E-state index >= 15 is 0 Å². The van der Waals surface area contributed by atoms with Gasteiger partial charge in [-0.1, -0.05) is 12.1 Å². The van der Waals surface area contributed by atoms with Crippen LogP contribution in [0.3, 0.4) is 0 Å². The summed E-state index contributed by atoms with van der Waals surface area (Å²) in [6.45, 7) is 11.0. The molecule has 2 aromatic rings. The summed E-state index contributed by atoms with van der Waals surface area (Å²) >= 11 is 0. The number of likely N-dealkylation sites (tertiary alicyclic amines) is 1. The van der Waals surface area contributed by atoms with Crippen molar-refractivity contribution >= 4 is 23.4 Å². The van der Waals surface area contributed by atoms with Crippen LogP contribution in [0.5, 0.6) is 0 Å².